The molecule has 0 N–H and O–H groups in total. The molecule has 0 heterocycles. The first-order chi connectivity index (χ1) is 11.3. The second kappa shape index (κ2) is 6.54. The van der Waals surface area contributed by atoms with Crippen LogP contribution in [0, 0.1) is 28.8 Å². The van der Waals surface area contributed by atoms with Crippen LogP contribution in [0.25, 0.3) is 0 Å². The summed E-state index contributed by atoms with van der Waals surface area (Å²) in [5, 5.41) is 9.31. The van der Waals surface area contributed by atoms with Crippen molar-refractivity contribution in [3.8, 4) is 6.07 Å². The number of benzene rings is 2. The van der Waals surface area contributed by atoms with Crippen molar-refractivity contribution in [1.29, 1.82) is 5.26 Å². The smallest absolute Gasteiger partial charge is 0.338 e. The van der Waals surface area contributed by atoms with E-state index in [-0.39, 0.29) is 16.1 Å². The van der Waals surface area contributed by atoms with E-state index < -0.39 is 34.4 Å². The van der Waals surface area contributed by atoms with Gasteiger partial charge in [-0.05, 0) is 25.1 Å². The number of rotatable bonds is 3. The number of nitrogens with zero attached hydrogens (tertiary/aromatic N) is 1. The van der Waals surface area contributed by atoms with E-state index in [0.717, 1.165) is 19.2 Å². The first-order valence-corrected chi connectivity index (χ1v) is 7.08. The molecule has 0 aliphatic rings. The van der Waals surface area contributed by atoms with E-state index in [1.54, 1.807) is 6.07 Å². The molecule has 124 valence electrons. The fraction of sp³-hybridized carbons (Fsp3) is 0.176. The molecule has 0 aromatic heterocycles. The molecule has 0 saturated carbocycles. The third kappa shape index (κ3) is 2.72. The standard InChI is InChI=1S/C17H11ClF3NO2/c1-17(8-22,10-4-3-5-11(18)14(10)20)13-9(16(23)24-2)6-7-12(19)15(13)21/h3-7H,1-2H3. The van der Waals surface area contributed by atoms with E-state index in [4.69, 9.17) is 11.6 Å². The van der Waals surface area contributed by atoms with Crippen LogP contribution >= 0.6 is 11.6 Å². The van der Waals surface area contributed by atoms with Gasteiger partial charge < -0.3 is 4.74 Å². The molecule has 0 bridgehead atoms. The van der Waals surface area contributed by atoms with Gasteiger partial charge in [-0.3, -0.25) is 0 Å². The van der Waals surface area contributed by atoms with E-state index >= 15 is 0 Å². The fourth-order valence-electron chi connectivity index (χ4n) is 2.46. The van der Waals surface area contributed by atoms with Crippen LogP contribution in [0.15, 0.2) is 30.3 Å². The topological polar surface area (TPSA) is 50.1 Å². The zero-order chi connectivity index (χ0) is 18.1. The summed E-state index contributed by atoms with van der Waals surface area (Å²) in [5.74, 6) is -4.64. The van der Waals surface area contributed by atoms with Gasteiger partial charge in [0, 0.05) is 11.1 Å². The Hall–Kier alpha value is -2.52. The van der Waals surface area contributed by atoms with Crippen LogP contribution in [-0.4, -0.2) is 13.1 Å². The van der Waals surface area contributed by atoms with Crippen molar-refractivity contribution in [1.82, 2.24) is 0 Å². The Balaban J connectivity index is 2.90. The number of methoxy groups -OCH3 is 1. The minimum Gasteiger partial charge on any atom is -0.465 e. The molecule has 1 unspecified atom stereocenters. The van der Waals surface area contributed by atoms with Gasteiger partial charge in [-0.15, -0.1) is 0 Å². The maximum absolute atomic E-state index is 14.5. The highest BCUT2D eigenvalue weighted by molar-refractivity contribution is 6.30. The van der Waals surface area contributed by atoms with Crippen LogP contribution in [-0.2, 0) is 10.2 Å². The van der Waals surface area contributed by atoms with Gasteiger partial charge in [-0.1, -0.05) is 23.7 Å². The molecule has 0 fully saturated rings. The summed E-state index contributed by atoms with van der Waals surface area (Å²) in [7, 11) is 1.05. The molecule has 2 aromatic rings. The molecule has 0 spiro atoms. The number of hydrogen-bond donors (Lipinski definition) is 0. The number of carbonyl (C=O) groups is 1. The monoisotopic (exact) mass is 353 g/mol. The van der Waals surface area contributed by atoms with Crippen molar-refractivity contribution in [3.63, 3.8) is 0 Å². The van der Waals surface area contributed by atoms with Crippen LogP contribution in [0.3, 0.4) is 0 Å². The summed E-state index contributed by atoms with van der Waals surface area (Å²) in [6, 6.07) is 7.31. The lowest BCUT2D eigenvalue weighted by atomic mass is 9.75. The Morgan fingerprint density at radius 3 is 2.46 bits per heavy atom. The number of carbonyl (C=O) groups excluding carboxylic acids is 1. The summed E-state index contributed by atoms with van der Waals surface area (Å²) in [6.45, 7) is 1.17. The second-order valence-corrected chi connectivity index (χ2v) is 5.52. The molecule has 3 nitrogen and oxygen atoms in total. The molecule has 0 saturated heterocycles. The summed E-state index contributed by atoms with van der Waals surface area (Å²) in [5.41, 5.74) is -3.28. The first-order valence-electron chi connectivity index (χ1n) is 6.70. The quantitative estimate of drug-likeness (QED) is 0.770. The summed E-state index contributed by atoms with van der Waals surface area (Å²) in [4.78, 5) is 11.9. The Kier molecular flexibility index (Phi) is 4.86. The lowest BCUT2D eigenvalue weighted by molar-refractivity contribution is 0.0597. The van der Waals surface area contributed by atoms with Gasteiger partial charge in [0.1, 0.15) is 11.2 Å². The lowest BCUT2D eigenvalue weighted by Gasteiger charge is -2.26. The molecule has 0 aliphatic heterocycles. The predicted molar refractivity (Wildman–Crippen MR) is 81.2 cm³/mol. The third-order valence-corrected chi connectivity index (χ3v) is 4.01. The average Bonchev–Trinajstić information content (AvgIpc) is 2.58. The molecular formula is C17H11ClF3NO2. The Morgan fingerprint density at radius 2 is 1.88 bits per heavy atom. The molecule has 2 aromatic carbocycles. The highest BCUT2D eigenvalue weighted by Gasteiger charge is 2.39. The first kappa shape index (κ1) is 17.8. The number of hydrogen-bond acceptors (Lipinski definition) is 3. The van der Waals surface area contributed by atoms with Gasteiger partial charge in [0.05, 0.1) is 23.8 Å². The second-order valence-electron chi connectivity index (χ2n) is 5.11. The van der Waals surface area contributed by atoms with Crippen molar-refractivity contribution in [2.75, 3.05) is 7.11 Å². The molecule has 1 atom stereocenters. The summed E-state index contributed by atoms with van der Waals surface area (Å²) >= 11 is 5.72. The minimum absolute atomic E-state index is 0.285. The average molecular weight is 354 g/mol. The van der Waals surface area contributed by atoms with E-state index in [9.17, 15) is 23.2 Å². The highest BCUT2D eigenvalue weighted by Crippen LogP contribution is 2.39. The number of halogens is 4. The Bertz CT molecular complexity index is 864. The minimum atomic E-state index is -2.01. The van der Waals surface area contributed by atoms with Crippen LogP contribution in [0.5, 0.6) is 0 Å². The van der Waals surface area contributed by atoms with Crippen molar-refractivity contribution in [2.45, 2.75) is 12.3 Å². The zero-order valence-corrected chi connectivity index (χ0v) is 13.4. The Morgan fingerprint density at radius 1 is 1.21 bits per heavy atom. The van der Waals surface area contributed by atoms with Gasteiger partial charge in [0.2, 0.25) is 0 Å². The number of ether oxygens (including phenoxy) is 1. The van der Waals surface area contributed by atoms with E-state index in [1.807, 2.05) is 0 Å². The number of nitriles is 1. The van der Waals surface area contributed by atoms with Gasteiger partial charge in [-0.25, -0.2) is 18.0 Å². The van der Waals surface area contributed by atoms with Gasteiger partial charge >= 0.3 is 5.97 Å². The summed E-state index contributed by atoms with van der Waals surface area (Å²) < 4.78 is 47.1. The largest absolute Gasteiger partial charge is 0.465 e. The van der Waals surface area contributed by atoms with Gasteiger partial charge in [0.25, 0.3) is 0 Å². The molecule has 7 heteroatoms. The molecule has 0 amide bonds. The van der Waals surface area contributed by atoms with Crippen molar-refractivity contribution in [3.05, 3.63) is 69.5 Å². The van der Waals surface area contributed by atoms with E-state index in [0.29, 0.717) is 0 Å². The maximum atomic E-state index is 14.5. The van der Waals surface area contributed by atoms with Crippen LogP contribution in [0.1, 0.15) is 28.4 Å². The van der Waals surface area contributed by atoms with Crippen LogP contribution in [0.4, 0.5) is 13.2 Å². The van der Waals surface area contributed by atoms with Crippen LogP contribution < -0.4 is 0 Å². The normalized spacial score (nSPS) is 13.0. The molecular weight excluding hydrogens is 343 g/mol. The molecule has 0 radical (unpaired) electrons. The lowest BCUT2D eigenvalue weighted by Crippen LogP contribution is -2.28. The highest BCUT2D eigenvalue weighted by atomic mass is 35.5. The van der Waals surface area contributed by atoms with Crippen molar-refractivity contribution in [2.24, 2.45) is 0 Å². The SMILES string of the molecule is COC(=O)c1ccc(F)c(F)c1C(C)(C#N)c1cccc(Cl)c1F. The third-order valence-electron chi connectivity index (χ3n) is 3.71. The van der Waals surface area contributed by atoms with E-state index in [1.165, 1.54) is 25.1 Å². The zero-order valence-electron chi connectivity index (χ0n) is 12.7. The maximum Gasteiger partial charge on any atom is 0.338 e. The fourth-order valence-corrected chi connectivity index (χ4v) is 2.63. The van der Waals surface area contributed by atoms with E-state index in [2.05, 4.69) is 4.74 Å². The molecule has 0 aliphatic carbocycles. The van der Waals surface area contributed by atoms with Crippen LogP contribution in [0.2, 0.25) is 5.02 Å². The number of esters is 1. The molecule has 24 heavy (non-hydrogen) atoms. The van der Waals surface area contributed by atoms with Crippen molar-refractivity contribution >= 4 is 17.6 Å². The predicted octanol–water partition coefficient (Wildman–Crippen LogP) is 4.37. The summed E-state index contributed by atoms with van der Waals surface area (Å²) in [6.07, 6.45) is 0. The van der Waals surface area contributed by atoms with Gasteiger partial charge in [0.15, 0.2) is 11.6 Å². The Labute approximate surface area is 141 Å². The van der Waals surface area contributed by atoms with Crippen molar-refractivity contribution < 1.29 is 22.7 Å². The van der Waals surface area contributed by atoms with Gasteiger partial charge in [-0.2, -0.15) is 5.26 Å². The molecule has 2 rings (SSSR count).